The van der Waals surface area contributed by atoms with Crippen LogP contribution in [0.15, 0.2) is 50.1 Å². The Labute approximate surface area is 186 Å². The lowest BCUT2D eigenvalue weighted by molar-refractivity contribution is 0.240. The highest BCUT2D eigenvalue weighted by Crippen LogP contribution is 2.41. The fourth-order valence-corrected chi connectivity index (χ4v) is 5.19. The van der Waals surface area contributed by atoms with E-state index in [4.69, 9.17) is 4.74 Å². The average molecular weight is 515 g/mol. The van der Waals surface area contributed by atoms with Crippen molar-refractivity contribution >= 4 is 37.7 Å². The molecule has 1 N–H and O–H groups in total. The molecule has 0 bridgehead atoms. The Morgan fingerprint density at radius 3 is 2.81 bits per heavy atom. The molecular formula is C19H20BrFN4O5S. The summed E-state index contributed by atoms with van der Waals surface area (Å²) in [5.41, 5.74) is -0.358. The topological polar surface area (TPSA) is 107 Å². The quantitative estimate of drug-likeness (QED) is 0.657. The van der Waals surface area contributed by atoms with Crippen LogP contribution >= 0.6 is 15.9 Å². The molecule has 0 aromatic carbocycles. The van der Waals surface area contributed by atoms with Crippen LogP contribution < -0.4 is 10.3 Å². The predicted molar refractivity (Wildman–Crippen MR) is 115 cm³/mol. The summed E-state index contributed by atoms with van der Waals surface area (Å²) < 4.78 is 55.9. The number of rotatable bonds is 5. The van der Waals surface area contributed by atoms with Crippen LogP contribution in [0.2, 0.25) is 0 Å². The molecular weight excluding hydrogens is 495 g/mol. The maximum atomic E-state index is 15.0. The number of ether oxygens (including phenoxy) is 1. The third kappa shape index (κ3) is 4.06. The summed E-state index contributed by atoms with van der Waals surface area (Å²) in [4.78, 5) is 12.8. The first kappa shape index (κ1) is 21.8. The van der Waals surface area contributed by atoms with Crippen LogP contribution in [-0.2, 0) is 27.9 Å². The van der Waals surface area contributed by atoms with E-state index in [0.29, 0.717) is 27.2 Å². The van der Waals surface area contributed by atoms with Gasteiger partial charge < -0.3 is 9.26 Å². The summed E-state index contributed by atoms with van der Waals surface area (Å²) in [6.45, 7) is 1.60. The molecule has 2 aliphatic rings. The van der Waals surface area contributed by atoms with Crippen LogP contribution in [0.5, 0.6) is 0 Å². The first-order valence-electron chi connectivity index (χ1n) is 9.38. The second-order valence-electron chi connectivity index (χ2n) is 7.44. The van der Waals surface area contributed by atoms with Gasteiger partial charge in [-0.1, -0.05) is 27.2 Å². The van der Waals surface area contributed by atoms with Crippen LogP contribution in [0.4, 0.5) is 10.2 Å². The lowest BCUT2D eigenvalue weighted by Gasteiger charge is -2.33. The molecule has 12 heteroatoms. The summed E-state index contributed by atoms with van der Waals surface area (Å²) >= 11 is 3.23. The second-order valence-corrected chi connectivity index (χ2v) is 9.96. The maximum absolute atomic E-state index is 15.0. The van der Waals surface area contributed by atoms with E-state index in [2.05, 4.69) is 30.3 Å². The molecule has 0 amide bonds. The Kier molecular flexibility index (Phi) is 5.56. The van der Waals surface area contributed by atoms with E-state index in [1.54, 1.807) is 6.07 Å². The molecule has 2 aromatic heterocycles. The van der Waals surface area contributed by atoms with Gasteiger partial charge in [-0.25, -0.2) is 4.39 Å². The molecule has 0 radical (unpaired) electrons. The van der Waals surface area contributed by atoms with E-state index in [1.807, 2.05) is 0 Å². The predicted octanol–water partition coefficient (Wildman–Crippen LogP) is 2.78. The summed E-state index contributed by atoms with van der Waals surface area (Å²) in [6.07, 6.45) is 2.98. The zero-order valence-electron chi connectivity index (χ0n) is 16.8. The zero-order chi connectivity index (χ0) is 22.4. The molecule has 9 nitrogen and oxygen atoms in total. The average Bonchev–Trinajstić information content (AvgIpc) is 3.21. The van der Waals surface area contributed by atoms with Crippen molar-refractivity contribution in [3.05, 3.63) is 62.4 Å². The SMILES string of the molecule is COC1=C(n2c3c(ccc2=O)CN(S(=O)(=O)Nc2ccon2)CC3)CC(C)(F)C(Br)=C1. The van der Waals surface area contributed by atoms with Gasteiger partial charge in [-0.3, -0.25) is 14.1 Å². The highest BCUT2D eigenvalue weighted by atomic mass is 79.9. The summed E-state index contributed by atoms with van der Waals surface area (Å²) in [5, 5.41) is 3.56. The number of fused-ring (bicyclic) bond motifs is 1. The number of aromatic nitrogens is 2. The number of hydrogen-bond donors (Lipinski definition) is 1. The molecule has 0 saturated heterocycles. The summed E-state index contributed by atoms with van der Waals surface area (Å²) in [7, 11) is -2.42. The summed E-state index contributed by atoms with van der Waals surface area (Å²) in [5.74, 6) is 0.452. The fourth-order valence-electron chi connectivity index (χ4n) is 3.70. The Bertz CT molecular complexity index is 1230. The number of hydrogen-bond acceptors (Lipinski definition) is 6. The minimum absolute atomic E-state index is 0.0464. The largest absolute Gasteiger partial charge is 0.495 e. The van der Waals surface area contributed by atoms with Crippen molar-refractivity contribution in [3.63, 3.8) is 0 Å². The highest BCUT2D eigenvalue weighted by molar-refractivity contribution is 9.11. The van der Waals surface area contributed by atoms with E-state index < -0.39 is 15.9 Å². The molecule has 0 fully saturated rings. The van der Waals surface area contributed by atoms with Crippen molar-refractivity contribution in [2.75, 3.05) is 18.4 Å². The normalized spacial score (nSPS) is 22.1. The van der Waals surface area contributed by atoms with Crippen molar-refractivity contribution in [1.29, 1.82) is 0 Å². The van der Waals surface area contributed by atoms with Gasteiger partial charge in [0.15, 0.2) is 5.82 Å². The van der Waals surface area contributed by atoms with Gasteiger partial charge >= 0.3 is 10.2 Å². The number of halogens is 2. The first-order valence-corrected chi connectivity index (χ1v) is 11.6. The van der Waals surface area contributed by atoms with Crippen molar-refractivity contribution in [2.45, 2.75) is 32.0 Å². The van der Waals surface area contributed by atoms with Crippen molar-refractivity contribution in [1.82, 2.24) is 14.0 Å². The molecule has 31 heavy (non-hydrogen) atoms. The standard InChI is InChI=1S/C19H20BrFN4O5S/c1-19(21)10-14(15(29-2)9-16(19)20)25-13-5-7-24(11-12(13)3-4-18(25)26)31(27,28)23-17-6-8-30-22-17/h3-4,6,8-9H,5,7,10-11H2,1-2H3,(H,22,23). The Hall–Kier alpha value is -2.44. The second kappa shape index (κ2) is 7.92. The van der Waals surface area contributed by atoms with E-state index in [0.717, 1.165) is 0 Å². The smallest absolute Gasteiger partial charge is 0.303 e. The maximum Gasteiger partial charge on any atom is 0.303 e. The van der Waals surface area contributed by atoms with Crippen molar-refractivity contribution in [2.24, 2.45) is 0 Å². The van der Waals surface area contributed by atoms with Gasteiger partial charge in [0.2, 0.25) is 0 Å². The minimum atomic E-state index is -3.88. The Morgan fingerprint density at radius 1 is 1.35 bits per heavy atom. The van der Waals surface area contributed by atoms with E-state index in [1.165, 1.54) is 47.4 Å². The van der Waals surface area contributed by atoms with Gasteiger partial charge in [0.1, 0.15) is 17.7 Å². The van der Waals surface area contributed by atoms with Gasteiger partial charge in [0.05, 0.1) is 12.8 Å². The molecule has 1 aliphatic heterocycles. The number of alkyl halides is 1. The van der Waals surface area contributed by atoms with Gasteiger partial charge in [0, 0.05) is 48.2 Å². The zero-order valence-corrected chi connectivity index (χ0v) is 19.2. The van der Waals surface area contributed by atoms with Crippen LogP contribution in [0.3, 0.4) is 0 Å². The molecule has 1 aliphatic carbocycles. The number of nitrogens with one attached hydrogen (secondary N) is 1. The van der Waals surface area contributed by atoms with Crippen LogP contribution in [0.25, 0.3) is 5.70 Å². The molecule has 3 heterocycles. The van der Waals surface area contributed by atoms with Gasteiger partial charge in [-0.15, -0.1) is 0 Å². The number of pyridine rings is 1. The van der Waals surface area contributed by atoms with Crippen molar-refractivity contribution < 1.29 is 22.1 Å². The van der Waals surface area contributed by atoms with Crippen LogP contribution in [-0.4, -0.2) is 41.8 Å². The monoisotopic (exact) mass is 514 g/mol. The minimum Gasteiger partial charge on any atom is -0.495 e. The highest BCUT2D eigenvalue weighted by Gasteiger charge is 2.37. The molecule has 4 rings (SSSR count). The first-order chi connectivity index (χ1) is 14.6. The molecule has 0 spiro atoms. The Morgan fingerprint density at radius 2 is 2.13 bits per heavy atom. The molecule has 166 valence electrons. The number of anilines is 1. The van der Waals surface area contributed by atoms with Crippen molar-refractivity contribution in [3.8, 4) is 0 Å². The lowest BCUT2D eigenvalue weighted by Crippen LogP contribution is -2.42. The molecule has 2 aromatic rings. The molecule has 1 atom stereocenters. The molecule has 1 unspecified atom stereocenters. The fraction of sp³-hybridized carbons (Fsp3) is 0.368. The molecule has 0 saturated carbocycles. The Balaban J connectivity index is 1.73. The lowest BCUT2D eigenvalue weighted by atomic mass is 9.94. The van der Waals surface area contributed by atoms with Crippen LogP contribution in [0.1, 0.15) is 24.6 Å². The van der Waals surface area contributed by atoms with Gasteiger partial charge in [0.25, 0.3) is 5.56 Å². The van der Waals surface area contributed by atoms with Crippen LogP contribution in [0, 0.1) is 0 Å². The van der Waals surface area contributed by atoms with E-state index in [9.17, 15) is 13.2 Å². The number of allylic oxidation sites excluding steroid dienone is 3. The van der Waals surface area contributed by atoms with E-state index >= 15 is 4.39 Å². The number of methoxy groups -OCH3 is 1. The van der Waals surface area contributed by atoms with E-state index in [-0.39, 0.29) is 37.3 Å². The number of nitrogens with zero attached hydrogens (tertiary/aromatic N) is 3. The third-order valence-electron chi connectivity index (χ3n) is 5.27. The van der Waals surface area contributed by atoms with Gasteiger partial charge in [-0.05, 0) is 18.6 Å². The van der Waals surface area contributed by atoms with Gasteiger partial charge in [-0.2, -0.15) is 12.7 Å². The third-order valence-corrected chi connectivity index (χ3v) is 7.79. The summed E-state index contributed by atoms with van der Waals surface area (Å²) in [6, 6.07) is 4.35.